The van der Waals surface area contributed by atoms with Crippen LogP contribution in [0.15, 0.2) is 48.5 Å². The Bertz CT molecular complexity index is 834. The number of nitrogen functional groups attached to an aromatic ring is 1. The van der Waals surface area contributed by atoms with Crippen molar-refractivity contribution in [3.8, 4) is 5.75 Å². The molecule has 0 bridgehead atoms. The lowest BCUT2D eigenvalue weighted by molar-refractivity contribution is 0.109. The Kier molecular flexibility index (Phi) is 4.09. The summed E-state index contributed by atoms with van der Waals surface area (Å²) < 4.78 is 6.09. The predicted octanol–water partition coefficient (Wildman–Crippen LogP) is 4.27. The molecule has 0 aliphatic carbocycles. The van der Waals surface area contributed by atoms with E-state index in [1.807, 2.05) is 62.4 Å². The third-order valence-electron chi connectivity index (χ3n) is 3.53. The van der Waals surface area contributed by atoms with E-state index in [1.54, 1.807) is 0 Å². The lowest BCUT2D eigenvalue weighted by atomic mass is 9.98. The van der Waals surface area contributed by atoms with Crippen LogP contribution in [0.3, 0.4) is 0 Å². The van der Waals surface area contributed by atoms with Crippen LogP contribution in [0.2, 0.25) is 5.28 Å². The maximum Gasteiger partial charge on any atom is 0.223 e. The first-order valence-electron chi connectivity index (χ1n) is 7.39. The van der Waals surface area contributed by atoms with Gasteiger partial charge < -0.3 is 10.5 Å². The quantitative estimate of drug-likeness (QED) is 0.574. The third kappa shape index (κ3) is 3.54. The fourth-order valence-electron chi connectivity index (χ4n) is 2.63. The lowest BCUT2D eigenvalue weighted by Gasteiger charge is -2.27. The first-order valence-corrected chi connectivity index (χ1v) is 7.77. The number of nitrogens with zero attached hydrogens (tertiary/aromatic N) is 2. The van der Waals surface area contributed by atoms with E-state index in [4.69, 9.17) is 22.1 Å². The summed E-state index contributed by atoms with van der Waals surface area (Å²) in [4.78, 5) is 8.63. The van der Waals surface area contributed by atoms with Gasteiger partial charge in [-0.1, -0.05) is 24.3 Å². The molecule has 3 rings (SSSR count). The first-order chi connectivity index (χ1) is 10.9. The van der Waals surface area contributed by atoms with Gasteiger partial charge in [0.05, 0.1) is 11.2 Å². The molecule has 0 unspecified atom stereocenters. The molecular formula is C18H18ClN3O. The van der Waals surface area contributed by atoms with E-state index in [2.05, 4.69) is 9.97 Å². The van der Waals surface area contributed by atoms with Gasteiger partial charge in [-0.05, 0) is 49.7 Å². The molecule has 5 heteroatoms. The molecule has 0 spiro atoms. The van der Waals surface area contributed by atoms with Crippen LogP contribution >= 0.6 is 11.6 Å². The van der Waals surface area contributed by atoms with Gasteiger partial charge in [0.1, 0.15) is 11.4 Å². The van der Waals surface area contributed by atoms with Crippen molar-refractivity contribution in [3.05, 3.63) is 59.5 Å². The van der Waals surface area contributed by atoms with E-state index in [0.717, 1.165) is 22.3 Å². The molecule has 4 nitrogen and oxygen atoms in total. The summed E-state index contributed by atoms with van der Waals surface area (Å²) in [6.07, 6.45) is 0.564. The Labute approximate surface area is 140 Å². The second kappa shape index (κ2) is 6.05. The van der Waals surface area contributed by atoms with Gasteiger partial charge in [0.25, 0.3) is 0 Å². The van der Waals surface area contributed by atoms with Crippen LogP contribution in [0.25, 0.3) is 10.9 Å². The number of nitrogens with two attached hydrogens (primary N) is 1. The minimum absolute atomic E-state index is 0.216. The summed E-state index contributed by atoms with van der Waals surface area (Å²) in [5.41, 5.74) is 7.83. The van der Waals surface area contributed by atoms with Crippen LogP contribution < -0.4 is 10.5 Å². The van der Waals surface area contributed by atoms with Crippen molar-refractivity contribution in [2.75, 3.05) is 5.73 Å². The number of para-hydroxylation sites is 1. The molecule has 2 N–H and O–H groups in total. The summed E-state index contributed by atoms with van der Waals surface area (Å²) >= 11 is 6.06. The van der Waals surface area contributed by atoms with Crippen LogP contribution in [0.5, 0.6) is 5.75 Å². The molecule has 0 saturated heterocycles. The Morgan fingerprint density at radius 3 is 2.52 bits per heavy atom. The van der Waals surface area contributed by atoms with Gasteiger partial charge in [0.2, 0.25) is 5.28 Å². The smallest absolute Gasteiger partial charge is 0.223 e. The second-order valence-electron chi connectivity index (χ2n) is 6.03. The van der Waals surface area contributed by atoms with Gasteiger partial charge in [-0.3, -0.25) is 0 Å². The molecular weight excluding hydrogens is 310 g/mol. The van der Waals surface area contributed by atoms with Crippen molar-refractivity contribution < 1.29 is 4.74 Å². The highest BCUT2D eigenvalue weighted by Crippen LogP contribution is 2.28. The SMILES string of the molecule is CC(C)(Cc1nc(Cl)nc2cccc(N)c12)Oc1ccccc1. The van der Waals surface area contributed by atoms with E-state index in [1.165, 1.54) is 0 Å². The normalized spacial score (nSPS) is 11.6. The Hall–Kier alpha value is -2.33. The largest absolute Gasteiger partial charge is 0.487 e. The summed E-state index contributed by atoms with van der Waals surface area (Å²) in [5.74, 6) is 0.815. The molecule has 0 atom stereocenters. The minimum Gasteiger partial charge on any atom is -0.487 e. The molecule has 2 aromatic carbocycles. The number of ether oxygens (including phenoxy) is 1. The maximum absolute atomic E-state index is 6.11. The summed E-state index contributed by atoms with van der Waals surface area (Å²) in [5, 5.41) is 1.05. The van der Waals surface area contributed by atoms with Gasteiger partial charge in [0.15, 0.2) is 0 Å². The minimum atomic E-state index is -0.464. The zero-order valence-electron chi connectivity index (χ0n) is 13.1. The molecule has 118 valence electrons. The lowest BCUT2D eigenvalue weighted by Crippen LogP contribution is -2.31. The van der Waals surface area contributed by atoms with Crippen LogP contribution in [-0.2, 0) is 6.42 Å². The molecule has 0 radical (unpaired) electrons. The molecule has 0 fully saturated rings. The highest BCUT2D eigenvalue weighted by Gasteiger charge is 2.24. The number of fused-ring (bicyclic) bond motifs is 1. The molecule has 23 heavy (non-hydrogen) atoms. The third-order valence-corrected chi connectivity index (χ3v) is 3.70. The topological polar surface area (TPSA) is 61.0 Å². The second-order valence-corrected chi connectivity index (χ2v) is 6.37. The van der Waals surface area contributed by atoms with Crippen molar-refractivity contribution in [2.24, 2.45) is 0 Å². The summed E-state index contributed by atoms with van der Waals surface area (Å²) in [6, 6.07) is 15.3. The summed E-state index contributed by atoms with van der Waals surface area (Å²) in [7, 11) is 0. The van der Waals surface area contributed by atoms with Crippen LogP contribution in [-0.4, -0.2) is 15.6 Å². The van der Waals surface area contributed by atoms with Crippen molar-refractivity contribution in [1.29, 1.82) is 0 Å². The van der Waals surface area contributed by atoms with Crippen molar-refractivity contribution in [2.45, 2.75) is 25.9 Å². The number of rotatable bonds is 4. The zero-order valence-corrected chi connectivity index (χ0v) is 13.8. The molecule has 0 aliphatic rings. The van der Waals surface area contributed by atoms with Gasteiger partial charge in [0, 0.05) is 17.5 Å². The number of hydrogen-bond acceptors (Lipinski definition) is 4. The fourth-order valence-corrected chi connectivity index (χ4v) is 2.82. The van der Waals surface area contributed by atoms with Crippen molar-refractivity contribution >= 4 is 28.2 Å². The highest BCUT2D eigenvalue weighted by molar-refractivity contribution is 6.28. The number of aromatic nitrogens is 2. The average molecular weight is 328 g/mol. The first kappa shape index (κ1) is 15.6. The van der Waals surface area contributed by atoms with Gasteiger partial charge in [-0.15, -0.1) is 0 Å². The van der Waals surface area contributed by atoms with E-state index < -0.39 is 5.60 Å². The number of anilines is 1. The average Bonchev–Trinajstić information content (AvgIpc) is 2.46. The van der Waals surface area contributed by atoms with Crippen LogP contribution in [0.4, 0.5) is 5.69 Å². The number of halogens is 1. The van der Waals surface area contributed by atoms with Gasteiger partial charge >= 0.3 is 0 Å². The molecule has 1 heterocycles. The molecule has 0 amide bonds. The van der Waals surface area contributed by atoms with E-state index in [0.29, 0.717) is 12.1 Å². The Morgan fingerprint density at radius 1 is 1.04 bits per heavy atom. The molecule has 1 aromatic heterocycles. The van der Waals surface area contributed by atoms with Crippen molar-refractivity contribution in [3.63, 3.8) is 0 Å². The number of hydrogen-bond donors (Lipinski definition) is 1. The van der Waals surface area contributed by atoms with E-state index in [9.17, 15) is 0 Å². The van der Waals surface area contributed by atoms with Crippen LogP contribution in [0.1, 0.15) is 19.5 Å². The molecule has 0 saturated carbocycles. The van der Waals surface area contributed by atoms with Crippen molar-refractivity contribution in [1.82, 2.24) is 9.97 Å². The van der Waals surface area contributed by atoms with E-state index in [-0.39, 0.29) is 5.28 Å². The molecule has 3 aromatic rings. The van der Waals surface area contributed by atoms with Gasteiger partial charge in [-0.2, -0.15) is 0 Å². The Morgan fingerprint density at radius 2 is 1.78 bits per heavy atom. The van der Waals surface area contributed by atoms with Crippen LogP contribution in [0, 0.1) is 0 Å². The van der Waals surface area contributed by atoms with E-state index >= 15 is 0 Å². The predicted molar refractivity (Wildman–Crippen MR) is 93.8 cm³/mol. The van der Waals surface area contributed by atoms with Gasteiger partial charge in [-0.25, -0.2) is 9.97 Å². The Balaban J connectivity index is 1.97. The summed E-state index contributed by atoms with van der Waals surface area (Å²) in [6.45, 7) is 4.03. The molecule has 0 aliphatic heterocycles. The number of benzene rings is 2. The zero-order chi connectivity index (χ0) is 16.4. The standard InChI is InChI=1S/C18H18ClN3O/c1-18(2,23-12-7-4-3-5-8-12)11-15-16-13(20)9-6-10-14(16)21-17(19)22-15/h3-10H,11,20H2,1-2H3. The fraction of sp³-hybridized carbons (Fsp3) is 0.222. The monoisotopic (exact) mass is 327 g/mol. The highest BCUT2D eigenvalue weighted by atomic mass is 35.5. The maximum atomic E-state index is 6.11.